The summed E-state index contributed by atoms with van der Waals surface area (Å²) in [5, 5.41) is 20.7. The monoisotopic (exact) mass is 488 g/mol. The second-order valence-electron chi connectivity index (χ2n) is 2.02. The number of alkyl halides is 1. The van der Waals surface area contributed by atoms with Crippen LogP contribution < -0.4 is 5.11 Å². The van der Waals surface area contributed by atoms with E-state index in [4.69, 9.17) is 0 Å². The van der Waals surface area contributed by atoms with Crippen LogP contribution in [0.4, 0.5) is 0 Å². The van der Waals surface area contributed by atoms with Crippen LogP contribution in [0, 0.1) is 6.10 Å². The summed E-state index contributed by atoms with van der Waals surface area (Å²) in [4.78, 5) is 0. The van der Waals surface area contributed by atoms with Crippen LogP contribution in [0.3, 0.4) is 0 Å². The van der Waals surface area contributed by atoms with Gasteiger partial charge >= 0.3 is 0 Å². The van der Waals surface area contributed by atoms with E-state index in [9.17, 15) is 10.2 Å². The van der Waals surface area contributed by atoms with E-state index in [1.807, 2.05) is 22.6 Å². The molecule has 1 aliphatic rings. The standard InChI is InChI=1S/C6H3I3O2/c7-3-1-4(8)5(10)6(9,11)2-3/h1-2,11H/q-1. The molecule has 0 bridgehead atoms. The summed E-state index contributed by atoms with van der Waals surface area (Å²) < 4.78 is 0.134. The Labute approximate surface area is 106 Å². The van der Waals surface area contributed by atoms with Crippen molar-refractivity contribution in [3.8, 4) is 0 Å². The molecule has 61 valence electrons. The van der Waals surface area contributed by atoms with E-state index >= 15 is 0 Å². The molecule has 0 saturated carbocycles. The molecule has 0 fully saturated rings. The van der Waals surface area contributed by atoms with Gasteiger partial charge in [-0.2, -0.15) is 0 Å². The van der Waals surface area contributed by atoms with Gasteiger partial charge < -0.3 is 10.2 Å². The third-order valence-electron chi connectivity index (χ3n) is 1.13. The normalized spacial score (nSPS) is 33.2. The Hall–Kier alpha value is 1.59. The molecule has 0 aromatic carbocycles. The van der Waals surface area contributed by atoms with Gasteiger partial charge in [-0.1, -0.05) is 0 Å². The minimum Gasteiger partial charge on any atom is -0.843 e. The smallest absolute Gasteiger partial charge is 0.130 e. The summed E-state index contributed by atoms with van der Waals surface area (Å²) in [6.07, 6.45) is 3.05. The quantitative estimate of drug-likeness (QED) is 0.417. The largest absolute Gasteiger partial charge is 0.843 e. The van der Waals surface area contributed by atoms with Crippen molar-refractivity contribution in [2.24, 2.45) is 0 Å². The lowest BCUT2D eigenvalue weighted by atomic mass is 10.1. The molecule has 0 aromatic rings. The molecule has 11 heavy (non-hydrogen) atoms. The molecule has 0 aromatic heterocycles. The van der Waals surface area contributed by atoms with Crippen LogP contribution in [0.15, 0.2) is 19.3 Å². The topological polar surface area (TPSA) is 43.3 Å². The molecule has 1 rings (SSSR count). The van der Waals surface area contributed by atoms with Gasteiger partial charge in [0.1, 0.15) is 3.61 Å². The first-order valence-electron chi connectivity index (χ1n) is 2.65. The highest BCUT2D eigenvalue weighted by Crippen LogP contribution is 2.39. The lowest BCUT2D eigenvalue weighted by molar-refractivity contribution is -0.357. The third-order valence-corrected chi connectivity index (χ3v) is 3.35. The zero-order chi connectivity index (χ0) is 8.65. The fraction of sp³-hybridized carbons (Fsp3) is 0.167. The summed E-state index contributed by atoms with van der Waals surface area (Å²) in [6, 6.07) is 0. The van der Waals surface area contributed by atoms with E-state index in [1.165, 1.54) is 0 Å². The number of hydrogen-bond donors (Lipinski definition) is 1. The van der Waals surface area contributed by atoms with Crippen LogP contribution in [-0.2, 0) is 0 Å². The molecule has 0 saturated heterocycles. The molecule has 0 amide bonds. The molecule has 2 nitrogen and oxygen atoms in total. The first kappa shape index (κ1) is 10.7. The van der Waals surface area contributed by atoms with E-state index in [-0.39, 0.29) is 6.10 Å². The Morgan fingerprint density at radius 2 is 2.00 bits per heavy atom. The summed E-state index contributed by atoms with van der Waals surface area (Å²) >= 11 is 5.72. The van der Waals surface area contributed by atoms with E-state index in [1.54, 1.807) is 34.7 Å². The average Bonchev–Trinajstić information content (AvgIpc) is 1.81. The first-order chi connectivity index (χ1) is 4.93. The zero-order valence-corrected chi connectivity index (χ0v) is 11.6. The lowest BCUT2D eigenvalue weighted by Gasteiger charge is -2.36. The number of hydrogen-bond acceptors (Lipinski definition) is 2. The molecule has 1 atom stereocenters. The Kier molecular flexibility index (Phi) is 3.65. The Bertz CT molecular complexity index is 232. The van der Waals surface area contributed by atoms with Crippen molar-refractivity contribution in [1.82, 2.24) is 0 Å². The molecular formula is C6H3I3O2-. The maximum atomic E-state index is 11.2. The van der Waals surface area contributed by atoms with Gasteiger partial charge in [0.2, 0.25) is 0 Å². The Morgan fingerprint density at radius 1 is 1.45 bits per heavy atom. The van der Waals surface area contributed by atoms with Crippen LogP contribution >= 0.6 is 67.8 Å². The fourth-order valence-corrected chi connectivity index (χ4v) is 4.49. The van der Waals surface area contributed by atoms with Gasteiger partial charge in [-0.15, -0.1) is 0 Å². The van der Waals surface area contributed by atoms with Crippen LogP contribution in [0.1, 0.15) is 0 Å². The average molecular weight is 488 g/mol. The molecule has 1 N–H and O–H groups in total. The maximum Gasteiger partial charge on any atom is 0.130 e. The number of halogens is 3. The molecule has 1 aliphatic carbocycles. The van der Waals surface area contributed by atoms with Crippen molar-refractivity contribution < 1.29 is 10.2 Å². The maximum absolute atomic E-state index is 11.2. The second-order valence-corrected chi connectivity index (χ2v) is 6.08. The first-order valence-corrected chi connectivity index (χ1v) is 5.89. The van der Waals surface area contributed by atoms with E-state index in [2.05, 4.69) is 22.6 Å². The van der Waals surface area contributed by atoms with Crippen molar-refractivity contribution in [2.75, 3.05) is 0 Å². The molecule has 0 spiro atoms. The second kappa shape index (κ2) is 3.76. The molecule has 1 radical (unpaired) electrons. The number of rotatable bonds is 0. The minimum absolute atomic E-state index is 0.237. The Balaban J connectivity index is 3.01. The number of aliphatic hydroxyl groups is 1. The fourth-order valence-electron chi connectivity index (χ4n) is 0.644. The van der Waals surface area contributed by atoms with Gasteiger partial charge in [0.15, 0.2) is 0 Å². The SMILES string of the molecule is [O-][C]1C(I)=CC(I)=CC1(O)I. The summed E-state index contributed by atoms with van der Waals surface area (Å²) in [7, 11) is 0. The van der Waals surface area contributed by atoms with Gasteiger partial charge in [-0.25, -0.2) is 0 Å². The minimum atomic E-state index is -1.33. The highest BCUT2D eigenvalue weighted by Gasteiger charge is 2.28. The predicted octanol–water partition coefficient (Wildman–Crippen LogP) is 1.65. The van der Waals surface area contributed by atoms with Crippen molar-refractivity contribution in [2.45, 2.75) is 3.61 Å². The predicted molar refractivity (Wildman–Crippen MR) is 66.4 cm³/mol. The van der Waals surface area contributed by atoms with Crippen molar-refractivity contribution >= 4 is 67.8 Å². The number of allylic oxidation sites excluding steroid dienone is 2. The van der Waals surface area contributed by atoms with Gasteiger partial charge in [-0.05, 0) is 89.6 Å². The van der Waals surface area contributed by atoms with Gasteiger partial charge in [0, 0.05) is 3.58 Å². The van der Waals surface area contributed by atoms with Gasteiger partial charge in [0.05, 0.1) is 0 Å². The highest BCUT2D eigenvalue weighted by molar-refractivity contribution is 14.1. The van der Waals surface area contributed by atoms with Gasteiger partial charge in [0.25, 0.3) is 0 Å². The highest BCUT2D eigenvalue weighted by atomic mass is 127. The van der Waals surface area contributed by atoms with Crippen molar-refractivity contribution in [3.63, 3.8) is 0 Å². The van der Waals surface area contributed by atoms with Crippen LogP contribution in [-0.4, -0.2) is 8.71 Å². The zero-order valence-electron chi connectivity index (χ0n) is 5.14. The van der Waals surface area contributed by atoms with Crippen molar-refractivity contribution in [3.05, 3.63) is 25.4 Å². The Morgan fingerprint density at radius 3 is 2.45 bits per heavy atom. The van der Waals surface area contributed by atoms with Crippen LogP contribution in [0.5, 0.6) is 0 Å². The van der Waals surface area contributed by atoms with Crippen LogP contribution in [0.25, 0.3) is 0 Å². The molecular weight excluding hydrogens is 485 g/mol. The summed E-state index contributed by atoms with van der Waals surface area (Å²) in [5.74, 6) is 0. The summed E-state index contributed by atoms with van der Waals surface area (Å²) in [5.41, 5.74) is 0. The van der Waals surface area contributed by atoms with Crippen LogP contribution in [0.2, 0.25) is 0 Å². The van der Waals surface area contributed by atoms with E-state index < -0.39 is 3.61 Å². The summed E-state index contributed by atoms with van der Waals surface area (Å²) in [6.45, 7) is 0. The molecule has 0 heterocycles. The van der Waals surface area contributed by atoms with Gasteiger partial charge in [-0.3, -0.25) is 0 Å². The van der Waals surface area contributed by atoms with Crippen molar-refractivity contribution in [1.29, 1.82) is 0 Å². The molecule has 1 unspecified atom stereocenters. The lowest BCUT2D eigenvalue weighted by Crippen LogP contribution is -2.38. The van der Waals surface area contributed by atoms with E-state index in [0.717, 1.165) is 3.58 Å². The molecule has 0 aliphatic heterocycles. The van der Waals surface area contributed by atoms with E-state index in [0.29, 0.717) is 3.58 Å². The third kappa shape index (κ3) is 2.51. The molecule has 5 heteroatoms.